The lowest BCUT2D eigenvalue weighted by Gasteiger charge is -2.11. The molecular weight excluding hydrogens is 404 g/mol. The summed E-state index contributed by atoms with van der Waals surface area (Å²) in [7, 11) is 0. The van der Waals surface area contributed by atoms with Gasteiger partial charge in [0.25, 0.3) is 0 Å². The van der Waals surface area contributed by atoms with Gasteiger partial charge in [0.2, 0.25) is 5.91 Å². The molecule has 1 amide bonds. The van der Waals surface area contributed by atoms with Crippen molar-refractivity contribution >= 4 is 28.1 Å². The highest BCUT2D eigenvalue weighted by Gasteiger charge is 2.14. The number of carbonyl (C=O) groups excluding carboxylic acids is 1. The number of aromatic nitrogens is 3. The molecule has 5 aromatic rings. The van der Waals surface area contributed by atoms with Gasteiger partial charge in [-0.25, -0.2) is 4.98 Å². The van der Waals surface area contributed by atoms with Crippen LogP contribution in [0, 0.1) is 0 Å². The number of hydrogen-bond donors (Lipinski definition) is 1. The van der Waals surface area contributed by atoms with Crippen molar-refractivity contribution in [3.63, 3.8) is 0 Å². The second-order valence-electron chi connectivity index (χ2n) is 7.18. The molecule has 3 aromatic heterocycles. The highest BCUT2D eigenvalue weighted by Crippen LogP contribution is 2.28. The molecular formula is C25H20N4OS. The third-order valence-corrected chi connectivity index (χ3v) is 6.00. The van der Waals surface area contributed by atoms with Crippen molar-refractivity contribution in [2.45, 2.75) is 13.1 Å². The predicted molar refractivity (Wildman–Crippen MR) is 125 cm³/mol. The Morgan fingerprint density at radius 2 is 1.71 bits per heavy atom. The maximum atomic E-state index is 12.8. The lowest BCUT2D eigenvalue weighted by molar-refractivity contribution is -0.121. The second-order valence-corrected chi connectivity index (χ2v) is 8.12. The molecule has 0 fully saturated rings. The van der Waals surface area contributed by atoms with E-state index in [0.717, 1.165) is 38.4 Å². The van der Waals surface area contributed by atoms with Crippen LogP contribution in [0.25, 0.3) is 33.4 Å². The van der Waals surface area contributed by atoms with Gasteiger partial charge in [0, 0.05) is 39.9 Å². The minimum Gasteiger partial charge on any atom is -0.348 e. The Hall–Kier alpha value is -3.77. The van der Waals surface area contributed by atoms with Gasteiger partial charge in [0.1, 0.15) is 11.6 Å². The Balaban J connectivity index is 1.34. The fourth-order valence-corrected chi connectivity index (χ4v) is 4.39. The van der Waals surface area contributed by atoms with Crippen LogP contribution in [0.1, 0.15) is 5.01 Å². The molecule has 0 bridgehead atoms. The lowest BCUT2D eigenvalue weighted by atomic mass is 10.1. The molecule has 0 saturated carbocycles. The number of nitrogens with zero attached hydrogens (tertiary/aromatic N) is 3. The number of amides is 1. The van der Waals surface area contributed by atoms with Crippen LogP contribution < -0.4 is 5.32 Å². The maximum absolute atomic E-state index is 12.8. The van der Waals surface area contributed by atoms with E-state index in [9.17, 15) is 4.79 Å². The number of benzene rings is 2. The molecule has 0 saturated heterocycles. The van der Waals surface area contributed by atoms with E-state index < -0.39 is 0 Å². The van der Waals surface area contributed by atoms with Crippen LogP contribution in [0.5, 0.6) is 0 Å². The monoisotopic (exact) mass is 424 g/mol. The molecule has 0 spiro atoms. The maximum Gasteiger partial charge on any atom is 0.240 e. The number of para-hydroxylation sites is 1. The van der Waals surface area contributed by atoms with E-state index in [1.54, 1.807) is 23.7 Å². The minimum atomic E-state index is -0.0424. The number of hydrogen-bond acceptors (Lipinski definition) is 4. The molecule has 5 nitrogen and oxygen atoms in total. The van der Waals surface area contributed by atoms with Gasteiger partial charge in [0.05, 0.1) is 12.2 Å². The van der Waals surface area contributed by atoms with E-state index in [4.69, 9.17) is 0 Å². The van der Waals surface area contributed by atoms with Gasteiger partial charge in [-0.05, 0) is 29.8 Å². The summed E-state index contributed by atoms with van der Waals surface area (Å²) in [4.78, 5) is 21.5. The summed E-state index contributed by atoms with van der Waals surface area (Å²) < 4.78 is 2.07. The molecule has 0 aliphatic carbocycles. The van der Waals surface area contributed by atoms with Crippen molar-refractivity contribution in [2.24, 2.45) is 0 Å². The summed E-state index contributed by atoms with van der Waals surface area (Å²) in [6.45, 7) is 0.661. The average Bonchev–Trinajstić information content (AvgIpc) is 3.44. The van der Waals surface area contributed by atoms with Crippen LogP contribution in [0.4, 0.5) is 0 Å². The number of rotatable bonds is 6. The summed E-state index contributed by atoms with van der Waals surface area (Å²) in [5, 5.41) is 7.02. The summed E-state index contributed by atoms with van der Waals surface area (Å²) in [5.74, 6) is -0.0424. The number of thiazole rings is 1. The van der Waals surface area contributed by atoms with Gasteiger partial charge in [0.15, 0.2) is 0 Å². The topological polar surface area (TPSA) is 59.8 Å². The van der Waals surface area contributed by atoms with Crippen molar-refractivity contribution in [1.82, 2.24) is 19.9 Å². The Bertz CT molecular complexity index is 1330. The molecule has 5 rings (SSSR count). The van der Waals surface area contributed by atoms with Gasteiger partial charge in [-0.3, -0.25) is 9.78 Å². The van der Waals surface area contributed by atoms with Crippen LogP contribution >= 0.6 is 11.3 Å². The van der Waals surface area contributed by atoms with Gasteiger partial charge in [-0.2, -0.15) is 0 Å². The number of fused-ring (bicyclic) bond motifs is 1. The third kappa shape index (κ3) is 4.11. The molecule has 2 aromatic carbocycles. The Labute approximate surface area is 184 Å². The van der Waals surface area contributed by atoms with Gasteiger partial charge < -0.3 is 9.88 Å². The Kier molecular flexibility index (Phi) is 5.29. The summed E-state index contributed by atoms with van der Waals surface area (Å²) in [6, 6.07) is 24.3. The van der Waals surface area contributed by atoms with Crippen molar-refractivity contribution in [3.05, 3.63) is 95.6 Å². The first-order chi connectivity index (χ1) is 15.3. The highest BCUT2D eigenvalue weighted by molar-refractivity contribution is 7.09. The molecule has 3 heterocycles. The molecule has 0 aliphatic heterocycles. The van der Waals surface area contributed by atoms with Gasteiger partial charge in [-0.15, -0.1) is 11.3 Å². The van der Waals surface area contributed by atoms with Crippen LogP contribution in [-0.2, 0) is 17.9 Å². The van der Waals surface area contributed by atoms with Gasteiger partial charge >= 0.3 is 0 Å². The number of carbonyl (C=O) groups is 1. The fraction of sp³-hybridized carbons (Fsp3) is 0.0800. The quantitative estimate of drug-likeness (QED) is 0.410. The molecule has 0 atom stereocenters. The average molecular weight is 425 g/mol. The van der Waals surface area contributed by atoms with Crippen LogP contribution in [-0.4, -0.2) is 20.4 Å². The molecule has 0 aliphatic rings. The highest BCUT2D eigenvalue weighted by atomic mass is 32.1. The lowest BCUT2D eigenvalue weighted by Crippen LogP contribution is -2.27. The molecule has 1 N–H and O–H groups in total. The first-order valence-corrected chi connectivity index (χ1v) is 10.9. The normalized spacial score (nSPS) is 11.0. The first kappa shape index (κ1) is 19.2. The smallest absolute Gasteiger partial charge is 0.240 e. The van der Waals surface area contributed by atoms with E-state index in [1.165, 1.54) is 0 Å². The zero-order valence-electron chi connectivity index (χ0n) is 16.7. The summed E-state index contributed by atoms with van der Waals surface area (Å²) in [6.07, 6.45) is 3.50. The van der Waals surface area contributed by atoms with E-state index in [1.807, 2.05) is 47.8 Å². The van der Waals surface area contributed by atoms with Crippen LogP contribution in [0.3, 0.4) is 0 Å². The van der Waals surface area contributed by atoms with Crippen molar-refractivity contribution in [2.75, 3.05) is 0 Å². The SMILES string of the molecule is O=C(Cn1c(-c2ccccc2)cc2ccccc21)NCc1nc(-c2ccncc2)cs1. The van der Waals surface area contributed by atoms with Crippen LogP contribution in [0.2, 0.25) is 0 Å². The van der Waals surface area contributed by atoms with E-state index in [-0.39, 0.29) is 12.5 Å². The van der Waals surface area contributed by atoms with E-state index >= 15 is 0 Å². The van der Waals surface area contributed by atoms with Crippen molar-refractivity contribution in [3.8, 4) is 22.5 Å². The minimum absolute atomic E-state index is 0.0424. The first-order valence-electron chi connectivity index (χ1n) is 10.0. The van der Waals surface area contributed by atoms with E-state index in [2.05, 4.69) is 50.2 Å². The van der Waals surface area contributed by atoms with Gasteiger partial charge in [-0.1, -0.05) is 48.5 Å². The van der Waals surface area contributed by atoms with Crippen molar-refractivity contribution in [1.29, 1.82) is 0 Å². The number of nitrogens with one attached hydrogen (secondary N) is 1. The molecule has 0 radical (unpaired) electrons. The zero-order valence-corrected chi connectivity index (χ0v) is 17.5. The van der Waals surface area contributed by atoms with Crippen molar-refractivity contribution < 1.29 is 4.79 Å². The van der Waals surface area contributed by atoms with Crippen LogP contribution in [0.15, 0.2) is 90.6 Å². The second kappa shape index (κ2) is 8.53. The zero-order chi connectivity index (χ0) is 21.0. The summed E-state index contributed by atoms with van der Waals surface area (Å²) >= 11 is 1.54. The largest absolute Gasteiger partial charge is 0.348 e. The summed E-state index contributed by atoms with van der Waals surface area (Å²) in [5.41, 5.74) is 5.10. The standard InChI is InChI=1S/C25H20N4OS/c30-24(27-15-25-28-21(17-31-25)18-10-12-26-13-11-18)16-29-22-9-5-4-8-20(22)14-23(29)19-6-2-1-3-7-19/h1-14,17H,15-16H2,(H,27,30). The molecule has 0 unspecified atom stereocenters. The third-order valence-electron chi connectivity index (χ3n) is 5.15. The fourth-order valence-electron chi connectivity index (χ4n) is 3.65. The number of pyridine rings is 1. The molecule has 152 valence electrons. The Morgan fingerprint density at radius 1 is 0.935 bits per heavy atom. The molecule has 6 heteroatoms. The molecule has 31 heavy (non-hydrogen) atoms. The Morgan fingerprint density at radius 3 is 2.55 bits per heavy atom. The predicted octanol–water partition coefficient (Wildman–Crippen LogP) is 5.14. The van der Waals surface area contributed by atoms with E-state index in [0.29, 0.717) is 6.54 Å².